The van der Waals surface area contributed by atoms with Crippen molar-refractivity contribution in [1.82, 2.24) is 5.32 Å². The van der Waals surface area contributed by atoms with Crippen molar-refractivity contribution in [3.63, 3.8) is 0 Å². The summed E-state index contributed by atoms with van der Waals surface area (Å²) in [5.74, 6) is -0.188. The molecule has 0 spiro atoms. The molecular formula is C17H23FN2O3S. The molecule has 0 bridgehead atoms. The number of benzene rings is 1. The van der Waals surface area contributed by atoms with Crippen LogP contribution in [0.1, 0.15) is 30.4 Å². The van der Waals surface area contributed by atoms with Crippen LogP contribution in [0.15, 0.2) is 12.1 Å². The number of sulfone groups is 1. The molecule has 1 saturated carbocycles. The Hall–Kier alpha value is -1.63. The first kappa shape index (κ1) is 17.2. The zero-order valence-corrected chi connectivity index (χ0v) is 14.8. The number of fused-ring (bicyclic) bond motifs is 1. The van der Waals surface area contributed by atoms with Crippen molar-refractivity contribution in [3.8, 4) is 0 Å². The molecule has 0 saturated heterocycles. The van der Waals surface area contributed by atoms with Crippen LogP contribution in [-0.4, -0.2) is 39.0 Å². The number of nitrogens with zero attached hydrogens (tertiary/aromatic N) is 1. The number of rotatable bonds is 3. The maximum absolute atomic E-state index is 14.2. The molecule has 5 nitrogen and oxygen atoms in total. The second-order valence-electron chi connectivity index (χ2n) is 6.92. The highest BCUT2D eigenvalue weighted by Gasteiger charge is 2.36. The van der Waals surface area contributed by atoms with E-state index in [1.54, 1.807) is 6.07 Å². The van der Waals surface area contributed by atoms with Crippen LogP contribution in [-0.2, 0) is 16.3 Å². The maximum Gasteiger partial charge on any atom is 0.321 e. The van der Waals surface area contributed by atoms with Crippen LogP contribution in [0.2, 0.25) is 0 Å². The number of carbonyl (C=O) groups is 1. The Morgan fingerprint density at radius 1 is 1.38 bits per heavy atom. The molecule has 2 amide bonds. The molecular weight excluding hydrogens is 331 g/mol. The van der Waals surface area contributed by atoms with E-state index in [9.17, 15) is 17.6 Å². The Morgan fingerprint density at radius 2 is 2.08 bits per heavy atom. The molecule has 1 aromatic carbocycles. The predicted octanol–water partition coefficient (Wildman–Crippen LogP) is 2.42. The average molecular weight is 354 g/mol. The topological polar surface area (TPSA) is 66.5 Å². The van der Waals surface area contributed by atoms with Crippen LogP contribution >= 0.6 is 0 Å². The quantitative estimate of drug-likeness (QED) is 0.906. The number of hydrogen-bond donors (Lipinski definition) is 1. The second kappa shape index (κ2) is 6.35. The average Bonchev–Trinajstić information content (AvgIpc) is 2.47. The molecule has 0 aromatic heterocycles. The van der Waals surface area contributed by atoms with E-state index in [0.717, 1.165) is 24.0 Å². The van der Waals surface area contributed by atoms with Crippen molar-refractivity contribution >= 4 is 21.6 Å². The van der Waals surface area contributed by atoms with Gasteiger partial charge >= 0.3 is 6.03 Å². The first-order valence-electron chi connectivity index (χ1n) is 8.29. The van der Waals surface area contributed by atoms with Gasteiger partial charge in [0.25, 0.3) is 0 Å². The number of carbonyl (C=O) groups excluding carboxylic acids is 1. The third-order valence-electron chi connectivity index (χ3n) is 5.13. The molecule has 0 radical (unpaired) electrons. The summed E-state index contributed by atoms with van der Waals surface area (Å²) in [6.45, 7) is 2.86. The maximum atomic E-state index is 14.2. The van der Waals surface area contributed by atoms with Crippen LogP contribution < -0.4 is 10.2 Å². The zero-order chi connectivity index (χ0) is 17.5. The lowest BCUT2D eigenvalue weighted by Crippen LogP contribution is -2.47. The molecule has 0 unspecified atom stereocenters. The van der Waals surface area contributed by atoms with Crippen molar-refractivity contribution in [2.45, 2.75) is 37.9 Å². The minimum atomic E-state index is -2.98. The standard InChI is InChI=1S/C17H23FN2O3S/c1-11-5-6-15(18)16-14(11)4-3-7-20(16)17(21)19-10-12-8-13(9-12)24(2,22)23/h5-6,12-13H,3-4,7-10H2,1-2H3,(H,19,21). The van der Waals surface area contributed by atoms with Crippen LogP contribution in [0.5, 0.6) is 0 Å². The van der Waals surface area contributed by atoms with Gasteiger partial charge < -0.3 is 5.32 Å². The fraction of sp³-hybridized carbons (Fsp3) is 0.588. The van der Waals surface area contributed by atoms with E-state index in [1.165, 1.54) is 17.2 Å². The molecule has 1 aliphatic heterocycles. The summed E-state index contributed by atoms with van der Waals surface area (Å²) >= 11 is 0. The van der Waals surface area contributed by atoms with E-state index < -0.39 is 9.84 Å². The van der Waals surface area contributed by atoms with E-state index in [4.69, 9.17) is 0 Å². The van der Waals surface area contributed by atoms with Gasteiger partial charge in [0.2, 0.25) is 0 Å². The minimum Gasteiger partial charge on any atom is -0.337 e. The molecule has 1 heterocycles. The van der Waals surface area contributed by atoms with E-state index in [1.807, 2.05) is 6.92 Å². The molecule has 0 atom stereocenters. The van der Waals surface area contributed by atoms with E-state index in [2.05, 4.69) is 5.32 Å². The smallest absolute Gasteiger partial charge is 0.321 e. The second-order valence-corrected chi connectivity index (χ2v) is 9.25. The monoisotopic (exact) mass is 354 g/mol. The Labute approximate surface area is 142 Å². The van der Waals surface area contributed by atoms with Crippen LogP contribution in [0.4, 0.5) is 14.9 Å². The van der Waals surface area contributed by atoms with Crippen LogP contribution in [0.25, 0.3) is 0 Å². The Morgan fingerprint density at radius 3 is 2.75 bits per heavy atom. The molecule has 2 aliphatic rings. The lowest BCUT2D eigenvalue weighted by atomic mass is 9.85. The van der Waals surface area contributed by atoms with Crippen LogP contribution in [0, 0.1) is 18.7 Å². The summed E-state index contributed by atoms with van der Waals surface area (Å²) in [5.41, 5.74) is 2.29. The fourth-order valence-corrected chi connectivity index (χ4v) is 4.81. The molecule has 1 N–H and O–H groups in total. The predicted molar refractivity (Wildman–Crippen MR) is 91.6 cm³/mol. The summed E-state index contributed by atoms with van der Waals surface area (Å²) in [5, 5.41) is 2.56. The van der Waals surface area contributed by atoms with Crippen molar-refractivity contribution in [2.24, 2.45) is 5.92 Å². The molecule has 1 fully saturated rings. The van der Waals surface area contributed by atoms with E-state index in [-0.39, 0.29) is 23.0 Å². The van der Waals surface area contributed by atoms with Gasteiger partial charge in [-0.2, -0.15) is 0 Å². The van der Waals surface area contributed by atoms with Crippen molar-refractivity contribution < 1.29 is 17.6 Å². The first-order valence-corrected chi connectivity index (χ1v) is 10.2. The normalized spacial score (nSPS) is 23.4. The van der Waals surface area contributed by atoms with Crippen molar-refractivity contribution in [1.29, 1.82) is 0 Å². The third kappa shape index (κ3) is 3.27. The summed E-state index contributed by atoms with van der Waals surface area (Å²) in [6, 6.07) is 2.85. The molecule has 3 rings (SSSR count). The SMILES string of the molecule is Cc1ccc(F)c2c1CCCN2C(=O)NCC1CC(S(C)(=O)=O)C1. The molecule has 24 heavy (non-hydrogen) atoms. The minimum absolute atomic E-state index is 0.181. The highest BCUT2D eigenvalue weighted by Crippen LogP contribution is 2.34. The number of nitrogens with one attached hydrogen (secondary N) is 1. The number of aryl methyl sites for hydroxylation is 1. The first-order chi connectivity index (χ1) is 11.3. The van der Waals surface area contributed by atoms with Gasteiger partial charge in [0, 0.05) is 19.3 Å². The Bertz CT molecular complexity index is 757. The molecule has 1 aromatic rings. The largest absolute Gasteiger partial charge is 0.337 e. The van der Waals surface area contributed by atoms with Gasteiger partial charge in [-0.1, -0.05) is 6.07 Å². The van der Waals surface area contributed by atoms with Gasteiger partial charge in [-0.15, -0.1) is 0 Å². The summed E-state index contributed by atoms with van der Waals surface area (Å²) in [4.78, 5) is 14.0. The Balaban J connectivity index is 1.63. The number of amides is 2. The highest BCUT2D eigenvalue weighted by molar-refractivity contribution is 7.91. The Kier molecular flexibility index (Phi) is 4.55. The van der Waals surface area contributed by atoms with Crippen molar-refractivity contribution in [3.05, 3.63) is 29.1 Å². The number of anilines is 1. The molecule has 7 heteroatoms. The highest BCUT2D eigenvalue weighted by atomic mass is 32.2. The van der Waals surface area contributed by atoms with E-state index in [0.29, 0.717) is 31.6 Å². The number of halogens is 1. The lowest BCUT2D eigenvalue weighted by Gasteiger charge is -2.35. The van der Waals surface area contributed by atoms with Crippen molar-refractivity contribution in [2.75, 3.05) is 24.2 Å². The van der Waals surface area contributed by atoms with Gasteiger partial charge in [0.05, 0.1) is 10.9 Å². The van der Waals surface area contributed by atoms with Gasteiger partial charge in [0.1, 0.15) is 15.7 Å². The summed E-state index contributed by atoms with van der Waals surface area (Å²) in [6.07, 6.45) is 4.01. The van der Waals surface area contributed by atoms with Gasteiger partial charge in [-0.25, -0.2) is 17.6 Å². The van der Waals surface area contributed by atoms with Crippen LogP contribution in [0.3, 0.4) is 0 Å². The summed E-state index contributed by atoms with van der Waals surface area (Å²) in [7, 11) is -2.98. The van der Waals surface area contributed by atoms with Gasteiger partial charge in [0.15, 0.2) is 0 Å². The number of hydrogen-bond acceptors (Lipinski definition) is 3. The third-order valence-corrected chi connectivity index (χ3v) is 6.73. The zero-order valence-electron chi connectivity index (χ0n) is 14.0. The summed E-state index contributed by atoms with van der Waals surface area (Å²) < 4.78 is 37.1. The molecule has 1 aliphatic carbocycles. The fourth-order valence-electron chi connectivity index (χ4n) is 3.56. The van der Waals surface area contributed by atoms with Gasteiger partial charge in [-0.05, 0) is 55.7 Å². The molecule has 132 valence electrons. The van der Waals surface area contributed by atoms with E-state index >= 15 is 0 Å². The lowest BCUT2D eigenvalue weighted by molar-refractivity contribution is 0.237. The number of urea groups is 1. The van der Waals surface area contributed by atoms with Gasteiger partial charge in [-0.3, -0.25) is 4.90 Å².